The van der Waals surface area contributed by atoms with Crippen molar-refractivity contribution in [2.24, 2.45) is 22.2 Å². The van der Waals surface area contributed by atoms with Crippen molar-refractivity contribution in [2.45, 2.75) is 245 Å². The molecule has 8 aliphatic rings. The Morgan fingerprint density at radius 2 is 0.859 bits per heavy atom. The maximum Gasteiger partial charge on any atom is 0.242 e. The summed E-state index contributed by atoms with van der Waals surface area (Å²) in [4.78, 5) is 59.1. The van der Waals surface area contributed by atoms with Gasteiger partial charge in [0.15, 0.2) is 0 Å². The van der Waals surface area contributed by atoms with E-state index in [1.165, 1.54) is 150 Å². The van der Waals surface area contributed by atoms with E-state index in [2.05, 4.69) is 166 Å². The first-order valence-electron chi connectivity index (χ1n) is 34.0. The van der Waals surface area contributed by atoms with Crippen molar-refractivity contribution in [1.82, 2.24) is 35.6 Å². The first-order valence-corrected chi connectivity index (χ1v) is 34.0. The van der Waals surface area contributed by atoms with Crippen molar-refractivity contribution in [3.05, 3.63) is 106 Å². The summed E-state index contributed by atoms with van der Waals surface area (Å²) in [6, 6.07) is 26.6. The van der Waals surface area contributed by atoms with Crippen LogP contribution in [0.4, 0.5) is 0 Å². The standard InChI is InChI=1S/C27H41N3O2.C24H36N2O.C23H36N2O.3H2/c1-20(30-16-7-10-24(30)31)25(32)28-23-11-12-27(22-9-6-5-8-21(22)23)14-18-29(19-15-27)17-13-26(2,3)4;1-23(2,3)12-15-26-16-13-24(14-17-26)11-10-21(25-22(27)18-8-9-18)19-6-4-5-7-20(19)24;1-5-21(26)24-20-10-11-23(19-9-7-6-8-18(19)20)13-16-25(17-14-23)15-12-22(2,3)4;;;/h5-6,8-9,20,23H,7,10-19H2,1-4H3,(H,28,32);4-7,18,21H,8-17H2,1-3H3,(H,25,27);6-9,20H,5,10-17H2,1-4H3,(H,24,26);3*1H/t20-,23-;21-;20-;;;/m100.../s1. The van der Waals surface area contributed by atoms with Crippen molar-refractivity contribution in [3.63, 3.8) is 0 Å². The molecule has 3 spiro atoms. The van der Waals surface area contributed by atoms with Gasteiger partial charge >= 0.3 is 0 Å². The van der Waals surface area contributed by atoms with Gasteiger partial charge in [-0.3, -0.25) is 19.2 Å². The molecule has 5 fully saturated rings. The van der Waals surface area contributed by atoms with Gasteiger partial charge in [-0.25, -0.2) is 0 Å². The van der Waals surface area contributed by atoms with Crippen LogP contribution in [-0.2, 0) is 35.4 Å². The lowest BCUT2D eigenvalue weighted by Gasteiger charge is -2.47. The summed E-state index contributed by atoms with van der Waals surface area (Å²) < 4.78 is 0. The summed E-state index contributed by atoms with van der Waals surface area (Å²) in [7, 11) is 0. The molecule has 4 amide bonds. The molecule has 0 unspecified atom stereocenters. The van der Waals surface area contributed by atoms with Crippen molar-refractivity contribution in [2.75, 3.05) is 65.4 Å². The number of fused-ring (bicyclic) bond motifs is 6. The normalized spacial score (nSPS) is 24.2. The van der Waals surface area contributed by atoms with Crippen LogP contribution in [0.25, 0.3) is 0 Å². The molecule has 4 saturated heterocycles. The fourth-order valence-electron chi connectivity index (χ4n) is 15.5. The quantitative estimate of drug-likeness (QED) is 0.156. The van der Waals surface area contributed by atoms with Crippen LogP contribution >= 0.6 is 0 Å². The molecule has 4 aliphatic heterocycles. The van der Waals surface area contributed by atoms with E-state index in [1.807, 2.05) is 13.8 Å². The average molecular weight is 1170 g/mol. The third-order valence-corrected chi connectivity index (χ3v) is 21.6. The van der Waals surface area contributed by atoms with Gasteiger partial charge in [0.25, 0.3) is 0 Å². The Morgan fingerprint density at radius 3 is 1.19 bits per heavy atom. The molecule has 11 heteroatoms. The number of hydrogen-bond donors (Lipinski definition) is 3. The predicted octanol–water partition coefficient (Wildman–Crippen LogP) is 14.8. The number of carbonyl (C=O) groups is 4. The molecule has 11 nitrogen and oxygen atoms in total. The minimum absolute atomic E-state index is 0. The van der Waals surface area contributed by atoms with E-state index in [-0.39, 0.29) is 57.5 Å². The first-order chi connectivity index (χ1) is 40.4. The number of carbonyl (C=O) groups excluding carboxylic acids is 4. The van der Waals surface area contributed by atoms with Crippen molar-refractivity contribution in [3.8, 4) is 0 Å². The lowest BCUT2D eigenvalue weighted by Crippen LogP contribution is -2.49. The van der Waals surface area contributed by atoms with Gasteiger partial charge in [-0.05, 0) is 247 Å². The molecule has 4 heterocycles. The Labute approximate surface area is 519 Å². The summed E-state index contributed by atoms with van der Waals surface area (Å²) in [6.07, 6.45) is 22.0. The van der Waals surface area contributed by atoms with Gasteiger partial charge in [-0.2, -0.15) is 0 Å². The number of rotatable bonds is 13. The molecule has 474 valence electrons. The average Bonchev–Trinajstić information content (AvgIpc) is 1.62. The molecular weight excluding hydrogens is 1050 g/mol. The van der Waals surface area contributed by atoms with E-state index in [0.717, 1.165) is 58.0 Å². The smallest absolute Gasteiger partial charge is 0.242 e. The van der Waals surface area contributed by atoms with Gasteiger partial charge in [0.2, 0.25) is 23.6 Å². The highest BCUT2D eigenvalue weighted by atomic mass is 16.2. The molecule has 3 aromatic carbocycles. The number of nitrogens with one attached hydrogen (secondary N) is 3. The number of piperidine rings is 3. The summed E-state index contributed by atoms with van der Waals surface area (Å²) in [5.74, 6) is 0.821. The van der Waals surface area contributed by atoms with Crippen LogP contribution in [0.2, 0.25) is 0 Å². The maximum absolute atomic E-state index is 13.0. The van der Waals surface area contributed by atoms with Crippen molar-refractivity contribution >= 4 is 23.6 Å². The van der Waals surface area contributed by atoms with Gasteiger partial charge < -0.3 is 35.6 Å². The Balaban J connectivity index is 0.000000208. The largest absolute Gasteiger partial charge is 0.349 e. The zero-order chi connectivity index (χ0) is 60.8. The van der Waals surface area contributed by atoms with E-state index < -0.39 is 0 Å². The van der Waals surface area contributed by atoms with Crippen LogP contribution in [0.1, 0.15) is 260 Å². The molecule has 0 bridgehead atoms. The first kappa shape index (κ1) is 64.9. The number of hydrogen-bond acceptors (Lipinski definition) is 7. The molecule has 3 N–H and O–H groups in total. The summed E-state index contributed by atoms with van der Waals surface area (Å²) in [5, 5.41) is 9.90. The van der Waals surface area contributed by atoms with Crippen LogP contribution in [0.3, 0.4) is 0 Å². The van der Waals surface area contributed by atoms with Crippen molar-refractivity contribution < 1.29 is 23.5 Å². The second kappa shape index (κ2) is 27.4. The Kier molecular flexibility index (Phi) is 20.9. The minimum atomic E-state index is -0.390. The number of likely N-dealkylation sites (tertiary alicyclic amines) is 4. The highest BCUT2D eigenvalue weighted by molar-refractivity contribution is 5.88. The van der Waals surface area contributed by atoms with E-state index in [1.54, 1.807) is 4.90 Å². The number of amides is 4. The molecule has 4 atom stereocenters. The third kappa shape index (κ3) is 16.6. The highest BCUT2D eigenvalue weighted by Crippen LogP contribution is 2.51. The highest BCUT2D eigenvalue weighted by Gasteiger charge is 2.46. The Bertz CT molecular complexity index is 2740. The van der Waals surface area contributed by atoms with Crippen LogP contribution < -0.4 is 16.0 Å². The number of benzene rings is 3. The van der Waals surface area contributed by atoms with Crippen LogP contribution in [0, 0.1) is 22.2 Å². The van der Waals surface area contributed by atoms with E-state index in [0.29, 0.717) is 52.4 Å². The molecule has 0 radical (unpaired) electrons. The predicted molar refractivity (Wildman–Crippen MR) is 354 cm³/mol. The van der Waals surface area contributed by atoms with Gasteiger partial charge in [-0.1, -0.05) is 142 Å². The van der Waals surface area contributed by atoms with Gasteiger partial charge in [0, 0.05) is 29.6 Å². The van der Waals surface area contributed by atoms with Gasteiger partial charge in [0.1, 0.15) is 6.04 Å². The molecule has 4 aliphatic carbocycles. The van der Waals surface area contributed by atoms with Crippen molar-refractivity contribution in [1.29, 1.82) is 0 Å². The van der Waals surface area contributed by atoms with Crippen LogP contribution in [-0.4, -0.2) is 115 Å². The maximum atomic E-state index is 13.0. The SMILES string of the molecule is CC(C)(C)CCN1CCC2(CC[C@H](NC(=O)C3CC3)c3ccccc32)CC1.CCC(=O)N[C@H]1CCC2(CCN(CCC(C)(C)C)CC2)c2ccccc21.C[C@H](C(=O)N[C@@H]1CCC2(CCN(CCC(C)(C)C)CC2)c2ccccc21)N1CCCC1=O.[HH].[HH].[HH]. The topological polar surface area (TPSA) is 117 Å². The molecule has 0 aromatic heterocycles. The number of nitrogens with zero attached hydrogens (tertiary/aromatic N) is 4. The minimum Gasteiger partial charge on any atom is -0.349 e. The van der Waals surface area contributed by atoms with E-state index in [9.17, 15) is 19.2 Å². The molecule has 1 saturated carbocycles. The fourth-order valence-corrected chi connectivity index (χ4v) is 15.5. The summed E-state index contributed by atoms with van der Waals surface area (Å²) >= 11 is 0. The Hall–Kier alpha value is -4.58. The summed E-state index contributed by atoms with van der Waals surface area (Å²) in [5.41, 5.74) is 10.6. The zero-order valence-electron chi connectivity index (χ0n) is 55.0. The van der Waals surface area contributed by atoms with Gasteiger partial charge in [-0.15, -0.1) is 0 Å². The molecule has 85 heavy (non-hydrogen) atoms. The summed E-state index contributed by atoms with van der Waals surface area (Å²) in [6.45, 7) is 36.3. The van der Waals surface area contributed by atoms with Crippen LogP contribution in [0.15, 0.2) is 72.8 Å². The zero-order valence-corrected chi connectivity index (χ0v) is 55.0. The third-order valence-electron chi connectivity index (χ3n) is 21.6. The Morgan fingerprint density at radius 1 is 0.506 bits per heavy atom. The molecule has 11 rings (SSSR count). The second-order valence-corrected chi connectivity index (χ2v) is 31.4. The van der Waals surface area contributed by atoms with Gasteiger partial charge in [0.05, 0.1) is 18.1 Å². The lowest BCUT2D eigenvalue weighted by atomic mass is 9.63. The fraction of sp³-hybridized carbons (Fsp3) is 0.703. The van der Waals surface area contributed by atoms with E-state index in [4.69, 9.17) is 0 Å². The monoisotopic (exact) mass is 1170 g/mol. The molecule has 3 aromatic rings. The second-order valence-electron chi connectivity index (χ2n) is 31.4. The van der Waals surface area contributed by atoms with E-state index >= 15 is 0 Å². The lowest BCUT2D eigenvalue weighted by molar-refractivity contribution is -0.137. The van der Waals surface area contributed by atoms with Crippen LogP contribution in [0.5, 0.6) is 0 Å². The molecular formula is C74H119N7O4.